The fourth-order valence-corrected chi connectivity index (χ4v) is 3.17. The van der Waals surface area contributed by atoms with Crippen molar-refractivity contribution >= 4 is 39.4 Å². The molecule has 0 bridgehead atoms. The Balaban J connectivity index is 2.06. The number of carboxylic acids is 1. The normalized spacial score (nSPS) is 18.8. The van der Waals surface area contributed by atoms with E-state index in [0.29, 0.717) is 6.54 Å². The molecule has 2 amide bonds. The quantitative estimate of drug-likeness (QED) is 0.844. The maximum absolute atomic E-state index is 12.5. The van der Waals surface area contributed by atoms with E-state index < -0.39 is 17.8 Å². The molecule has 6 nitrogen and oxygen atoms in total. The van der Waals surface area contributed by atoms with Gasteiger partial charge in [0.2, 0.25) is 11.8 Å². The van der Waals surface area contributed by atoms with Crippen molar-refractivity contribution in [2.24, 2.45) is 11.8 Å². The van der Waals surface area contributed by atoms with E-state index in [1.165, 1.54) is 4.90 Å². The first-order valence-electron chi connectivity index (χ1n) is 7.34. The van der Waals surface area contributed by atoms with Crippen LogP contribution in [0.4, 0.5) is 5.69 Å². The Hall–Kier alpha value is -1.89. The summed E-state index contributed by atoms with van der Waals surface area (Å²) in [6.45, 7) is 2.00. The molecule has 7 heteroatoms. The summed E-state index contributed by atoms with van der Waals surface area (Å²) in [5, 5.41) is 8.94. The van der Waals surface area contributed by atoms with Crippen molar-refractivity contribution in [2.75, 3.05) is 25.0 Å². The molecule has 1 aromatic rings. The highest BCUT2D eigenvalue weighted by atomic mass is 79.9. The second-order valence-corrected chi connectivity index (χ2v) is 6.67. The number of halogens is 1. The lowest BCUT2D eigenvalue weighted by atomic mass is 10.1. The van der Waals surface area contributed by atoms with Gasteiger partial charge in [0.25, 0.3) is 0 Å². The number of hydrogen-bond acceptors (Lipinski definition) is 3. The van der Waals surface area contributed by atoms with Crippen LogP contribution < -0.4 is 4.90 Å². The SMILES string of the molecule is CC(CN(C)C(=O)C1CC(=O)N(c2ccccc2Br)C1)C(=O)O. The van der Waals surface area contributed by atoms with Crippen LogP contribution in [0.25, 0.3) is 0 Å². The maximum atomic E-state index is 12.5. The molecule has 2 unspecified atom stereocenters. The maximum Gasteiger partial charge on any atom is 0.308 e. The lowest BCUT2D eigenvalue weighted by Crippen LogP contribution is -2.38. The number of aliphatic carboxylic acids is 1. The van der Waals surface area contributed by atoms with E-state index in [0.717, 1.165) is 10.2 Å². The van der Waals surface area contributed by atoms with E-state index >= 15 is 0 Å². The van der Waals surface area contributed by atoms with Crippen molar-refractivity contribution in [3.63, 3.8) is 0 Å². The van der Waals surface area contributed by atoms with Crippen molar-refractivity contribution in [1.82, 2.24) is 4.90 Å². The molecule has 2 atom stereocenters. The third-order valence-corrected chi connectivity index (χ3v) is 4.63. The number of rotatable bonds is 5. The van der Waals surface area contributed by atoms with Gasteiger partial charge in [-0.3, -0.25) is 14.4 Å². The van der Waals surface area contributed by atoms with Crippen molar-refractivity contribution in [3.8, 4) is 0 Å². The molecule has 0 spiro atoms. The zero-order valence-electron chi connectivity index (χ0n) is 13.0. The number of carbonyl (C=O) groups excluding carboxylic acids is 2. The Morgan fingerprint density at radius 3 is 2.70 bits per heavy atom. The van der Waals surface area contributed by atoms with Gasteiger partial charge >= 0.3 is 5.97 Å². The van der Waals surface area contributed by atoms with Gasteiger partial charge in [-0.25, -0.2) is 0 Å². The molecule has 23 heavy (non-hydrogen) atoms. The minimum absolute atomic E-state index is 0.102. The average molecular weight is 383 g/mol. The van der Waals surface area contributed by atoms with E-state index in [2.05, 4.69) is 15.9 Å². The van der Waals surface area contributed by atoms with Gasteiger partial charge in [0, 0.05) is 31.0 Å². The number of para-hydroxylation sites is 1. The second kappa shape index (κ2) is 7.12. The van der Waals surface area contributed by atoms with Gasteiger partial charge in [0.1, 0.15) is 0 Å². The molecular weight excluding hydrogens is 364 g/mol. The van der Waals surface area contributed by atoms with Crippen molar-refractivity contribution in [2.45, 2.75) is 13.3 Å². The van der Waals surface area contributed by atoms with Crippen molar-refractivity contribution in [1.29, 1.82) is 0 Å². The summed E-state index contributed by atoms with van der Waals surface area (Å²) in [6, 6.07) is 7.37. The van der Waals surface area contributed by atoms with Crippen LogP contribution in [0.1, 0.15) is 13.3 Å². The molecule has 1 heterocycles. The van der Waals surface area contributed by atoms with Crippen LogP contribution in [0.15, 0.2) is 28.7 Å². The topological polar surface area (TPSA) is 77.9 Å². The van der Waals surface area contributed by atoms with Crippen LogP contribution in [-0.4, -0.2) is 47.9 Å². The van der Waals surface area contributed by atoms with Gasteiger partial charge in [-0.05, 0) is 28.1 Å². The van der Waals surface area contributed by atoms with Crippen LogP contribution in [0.3, 0.4) is 0 Å². The summed E-state index contributed by atoms with van der Waals surface area (Å²) in [5.74, 6) is -2.32. The van der Waals surface area contributed by atoms with Crippen LogP contribution in [0.5, 0.6) is 0 Å². The summed E-state index contributed by atoms with van der Waals surface area (Å²) >= 11 is 3.41. The lowest BCUT2D eigenvalue weighted by molar-refractivity contribution is -0.143. The number of anilines is 1. The number of hydrogen-bond donors (Lipinski definition) is 1. The molecule has 1 aliphatic heterocycles. The molecule has 1 saturated heterocycles. The lowest BCUT2D eigenvalue weighted by Gasteiger charge is -2.23. The van der Waals surface area contributed by atoms with Gasteiger partial charge in [0.05, 0.1) is 17.5 Å². The van der Waals surface area contributed by atoms with E-state index in [9.17, 15) is 14.4 Å². The number of carboxylic acid groups (broad SMARTS) is 1. The molecule has 1 aliphatic rings. The molecule has 124 valence electrons. The molecule has 0 saturated carbocycles. The monoisotopic (exact) mass is 382 g/mol. The van der Waals surface area contributed by atoms with Crippen molar-refractivity contribution in [3.05, 3.63) is 28.7 Å². The predicted molar refractivity (Wildman–Crippen MR) is 89.0 cm³/mol. The minimum Gasteiger partial charge on any atom is -0.481 e. The van der Waals surface area contributed by atoms with Gasteiger partial charge in [0.15, 0.2) is 0 Å². The van der Waals surface area contributed by atoms with Gasteiger partial charge in [-0.2, -0.15) is 0 Å². The third kappa shape index (κ3) is 3.90. The second-order valence-electron chi connectivity index (χ2n) is 5.81. The first-order valence-corrected chi connectivity index (χ1v) is 8.13. The summed E-state index contributed by atoms with van der Waals surface area (Å²) < 4.78 is 0.800. The predicted octanol–water partition coefficient (Wildman–Crippen LogP) is 1.98. The zero-order chi connectivity index (χ0) is 17.1. The highest BCUT2D eigenvalue weighted by molar-refractivity contribution is 9.10. The first kappa shape index (κ1) is 17.5. The van der Waals surface area contributed by atoms with Gasteiger partial charge in [-0.1, -0.05) is 19.1 Å². The van der Waals surface area contributed by atoms with Crippen LogP contribution in [0.2, 0.25) is 0 Å². The van der Waals surface area contributed by atoms with Crippen LogP contribution in [0, 0.1) is 11.8 Å². The molecular formula is C16H19BrN2O4. The Morgan fingerprint density at radius 1 is 1.43 bits per heavy atom. The van der Waals surface area contributed by atoms with E-state index in [1.54, 1.807) is 18.9 Å². The number of amides is 2. The molecule has 0 aliphatic carbocycles. The van der Waals surface area contributed by atoms with Crippen molar-refractivity contribution < 1.29 is 19.5 Å². The standard InChI is InChI=1S/C16H19BrN2O4/c1-10(16(22)23)8-18(2)15(21)11-7-14(20)19(9-11)13-6-4-3-5-12(13)17/h3-6,10-11H,7-9H2,1-2H3,(H,22,23). The minimum atomic E-state index is -0.943. The number of nitrogens with zero attached hydrogens (tertiary/aromatic N) is 2. The highest BCUT2D eigenvalue weighted by Gasteiger charge is 2.37. The number of carbonyl (C=O) groups is 3. The van der Waals surface area contributed by atoms with Crippen LogP contribution >= 0.6 is 15.9 Å². The third-order valence-electron chi connectivity index (χ3n) is 3.96. The summed E-state index contributed by atoms with van der Waals surface area (Å²) in [4.78, 5) is 38.6. The molecule has 0 aromatic heterocycles. The molecule has 1 N–H and O–H groups in total. The fraction of sp³-hybridized carbons (Fsp3) is 0.438. The zero-order valence-corrected chi connectivity index (χ0v) is 14.6. The van der Waals surface area contributed by atoms with E-state index in [1.807, 2.05) is 24.3 Å². The van der Waals surface area contributed by atoms with E-state index in [4.69, 9.17) is 5.11 Å². The Kier molecular flexibility index (Phi) is 5.41. The van der Waals surface area contributed by atoms with Gasteiger partial charge in [-0.15, -0.1) is 0 Å². The average Bonchev–Trinajstić information content (AvgIpc) is 2.88. The summed E-state index contributed by atoms with van der Waals surface area (Å²) in [7, 11) is 1.58. The summed E-state index contributed by atoms with van der Waals surface area (Å²) in [5.41, 5.74) is 0.745. The Labute approximate surface area is 143 Å². The van der Waals surface area contributed by atoms with Gasteiger partial charge < -0.3 is 14.9 Å². The van der Waals surface area contributed by atoms with E-state index in [-0.39, 0.29) is 24.8 Å². The highest BCUT2D eigenvalue weighted by Crippen LogP contribution is 2.31. The largest absolute Gasteiger partial charge is 0.481 e. The Bertz CT molecular complexity index is 634. The number of benzene rings is 1. The fourth-order valence-electron chi connectivity index (χ4n) is 2.67. The van der Waals surface area contributed by atoms with Crippen LogP contribution in [-0.2, 0) is 14.4 Å². The Morgan fingerprint density at radius 2 is 2.09 bits per heavy atom. The molecule has 1 fully saturated rings. The first-order chi connectivity index (χ1) is 10.8. The summed E-state index contributed by atoms with van der Waals surface area (Å²) in [6.07, 6.45) is 0.145. The molecule has 2 rings (SSSR count). The molecule has 0 radical (unpaired) electrons. The molecule has 1 aromatic carbocycles. The smallest absolute Gasteiger partial charge is 0.308 e.